The fraction of sp³-hybridized carbons (Fsp3) is 0.286. The standard InChI is InChI=1S/C21H22N8O2/c1-12(2)28-9-18(17-8-23-11-24-21(17)28)20(31)15-5-16(7-22-6-15)26-19(30)10-29-14(4)25-13(3)27-29/h5-9,11-12H,10H2,1-4H3,(H,26,30). The Morgan fingerprint density at radius 2 is 1.94 bits per heavy atom. The van der Waals surface area contributed by atoms with E-state index in [1.807, 2.05) is 18.4 Å². The summed E-state index contributed by atoms with van der Waals surface area (Å²) in [5.74, 6) is 0.748. The first kappa shape index (κ1) is 20.3. The van der Waals surface area contributed by atoms with E-state index in [0.717, 1.165) is 0 Å². The zero-order valence-corrected chi connectivity index (χ0v) is 17.7. The summed E-state index contributed by atoms with van der Waals surface area (Å²) in [6.07, 6.45) is 7.86. The van der Waals surface area contributed by atoms with Gasteiger partial charge in [0.2, 0.25) is 5.91 Å². The quantitative estimate of drug-likeness (QED) is 0.478. The van der Waals surface area contributed by atoms with Crippen LogP contribution >= 0.6 is 0 Å². The van der Waals surface area contributed by atoms with E-state index in [9.17, 15) is 9.59 Å². The summed E-state index contributed by atoms with van der Waals surface area (Å²) in [6.45, 7) is 7.61. The van der Waals surface area contributed by atoms with Crippen molar-refractivity contribution in [2.45, 2.75) is 40.3 Å². The SMILES string of the molecule is Cc1nc(C)n(CC(=O)Nc2cncc(C(=O)c3cn(C(C)C)c4ncncc34)c2)n1. The lowest BCUT2D eigenvalue weighted by Crippen LogP contribution is -2.20. The monoisotopic (exact) mass is 418 g/mol. The molecule has 0 radical (unpaired) electrons. The first-order valence-corrected chi connectivity index (χ1v) is 9.81. The highest BCUT2D eigenvalue weighted by Gasteiger charge is 2.20. The molecule has 0 spiro atoms. The third kappa shape index (κ3) is 4.04. The summed E-state index contributed by atoms with van der Waals surface area (Å²) in [7, 11) is 0. The molecule has 4 rings (SSSR count). The van der Waals surface area contributed by atoms with Gasteiger partial charge in [-0.25, -0.2) is 19.6 Å². The number of rotatable bonds is 6. The first-order valence-electron chi connectivity index (χ1n) is 9.81. The van der Waals surface area contributed by atoms with Gasteiger partial charge in [-0.05, 0) is 33.8 Å². The molecular formula is C21H22N8O2. The molecule has 0 saturated carbocycles. The van der Waals surface area contributed by atoms with Gasteiger partial charge in [0.1, 0.15) is 30.2 Å². The molecule has 4 aromatic rings. The molecule has 4 aromatic heterocycles. The Morgan fingerprint density at radius 3 is 2.65 bits per heavy atom. The van der Waals surface area contributed by atoms with Gasteiger partial charge in [-0.3, -0.25) is 14.6 Å². The maximum absolute atomic E-state index is 13.2. The normalized spacial score (nSPS) is 11.3. The molecule has 4 heterocycles. The number of fused-ring (bicyclic) bond motifs is 1. The summed E-state index contributed by atoms with van der Waals surface area (Å²) in [4.78, 5) is 42.3. The Bertz CT molecular complexity index is 1290. The van der Waals surface area contributed by atoms with E-state index in [-0.39, 0.29) is 24.3 Å². The largest absolute Gasteiger partial charge is 0.329 e. The van der Waals surface area contributed by atoms with E-state index in [2.05, 4.69) is 30.4 Å². The minimum absolute atomic E-state index is 0.0179. The molecule has 0 fully saturated rings. The van der Waals surface area contributed by atoms with Crippen molar-refractivity contribution in [1.29, 1.82) is 0 Å². The Hall–Kier alpha value is -3.95. The van der Waals surface area contributed by atoms with Gasteiger partial charge in [0, 0.05) is 35.6 Å². The molecule has 1 N–H and O–H groups in total. The smallest absolute Gasteiger partial charge is 0.246 e. The molecule has 10 heteroatoms. The highest BCUT2D eigenvalue weighted by atomic mass is 16.2. The maximum atomic E-state index is 13.2. The van der Waals surface area contributed by atoms with Crippen molar-refractivity contribution in [3.63, 3.8) is 0 Å². The fourth-order valence-corrected chi connectivity index (χ4v) is 3.40. The second-order valence-corrected chi connectivity index (χ2v) is 7.51. The highest BCUT2D eigenvalue weighted by Crippen LogP contribution is 2.25. The third-order valence-corrected chi connectivity index (χ3v) is 4.84. The molecule has 0 bridgehead atoms. The van der Waals surface area contributed by atoms with Gasteiger partial charge in [0.05, 0.1) is 17.4 Å². The average molecular weight is 418 g/mol. The van der Waals surface area contributed by atoms with Crippen LogP contribution in [0, 0.1) is 13.8 Å². The molecule has 0 unspecified atom stereocenters. The highest BCUT2D eigenvalue weighted by molar-refractivity contribution is 6.16. The molecule has 0 aromatic carbocycles. The number of hydrogen-bond acceptors (Lipinski definition) is 7. The summed E-state index contributed by atoms with van der Waals surface area (Å²) in [6, 6.07) is 1.74. The first-order chi connectivity index (χ1) is 14.8. The van der Waals surface area contributed by atoms with E-state index in [0.29, 0.717) is 39.5 Å². The lowest BCUT2D eigenvalue weighted by Gasteiger charge is -2.07. The number of aryl methyl sites for hydroxylation is 2. The van der Waals surface area contributed by atoms with Crippen LogP contribution in [0.1, 0.15) is 47.5 Å². The molecule has 31 heavy (non-hydrogen) atoms. The predicted octanol–water partition coefficient (Wildman–Crippen LogP) is 2.49. The zero-order valence-electron chi connectivity index (χ0n) is 17.7. The zero-order chi connectivity index (χ0) is 22.1. The van der Waals surface area contributed by atoms with Gasteiger partial charge >= 0.3 is 0 Å². The van der Waals surface area contributed by atoms with Gasteiger partial charge in [-0.1, -0.05) is 0 Å². The van der Waals surface area contributed by atoms with Crippen LogP contribution in [0.2, 0.25) is 0 Å². The number of carbonyl (C=O) groups excluding carboxylic acids is 2. The van der Waals surface area contributed by atoms with Gasteiger partial charge in [-0.15, -0.1) is 0 Å². The third-order valence-electron chi connectivity index (χ3n) is 4.84. The number of hydrogen-bond donors (Lipinski definition) is 1. The Balaban J connectivity index is 1.58. The Morgan fingerprint density at radius 1 is 1.13 bits per heavy atom. The second kappa shape index (κ2) is 8.05. The number of amides is 1. The van der Waals surface area contributed by atoms with E-state index in [1.54, 1.807) is 32.3 Å². The number of anilines is 1. The van der Waals surface area contributed by atoms with Gasteiger partial charge in [0.25, 0.3) is 0 Å². The Kier molecular flexibility index (Phi) is 5.28. The summed E-state index contributed by atoms with van der Waals surface area (Å²) in [5.41, 5.74) is 1.97. The molecule has 1 amide bonds. The minimum Gasteiger partial charge on any atom is -0.329 e. The van der Waals surface area contributed by atoms with Crippen molar-refractivity contribution in [2.24, 2.45) is 0 Å². The molecule has 158 valence electrons. The van der Waals surface area contributed by atoms with Crippen molar-refractivity contribution < 1.29 is 9.59 Å². The van der Waals surface area contributed by atoms with E-state index >= 15 is 0 Å². The van der Waals surface area contributed by atoms with Crippen molar-refractivity contribution in [1.82, 2.24) is 34.3 Å². The molecule has 10 nitrogen and oxygen atoms in total. The van der Waals surface area contributed by atoms with Crippen LogP contribution in [0.5, 0.6) is 0 Å². The Labute approximate surface area is 178 Å². The number of nitrogens with one attached hydrogen (secondary N) is 1. The minimum atomic E-state index is -0.288. The van der Waals surface area contributed by atoms with Crippen molar-refractivity contribution in [3.8, 4) is 0 Å². The van der Waals surface area contributed by atoms with Crippen molar-refractivity contribution >= 4 is 28.4 Å². The number of aromatic nitrogens is 7. The van der Waals surface area contributed by atoms with Crippen LogP contribution < -0.4 is 5.32 Å². The lowest BCUT2D eigenvalue weighted by molar-refractivity contribution is -0.116. The summed E-state index contributed by atoms with van der Waals surface area (Å²) >= 11 is 0. The van der Waals surface area contributed by atoms with Crippen molar-refractivity contribution in [3.05, 3.63) is 60.0 Å². The van der Waals surface area contributed by atoms with Crippen LogP contribution in [-0.2, 0) is 11.3 Å². The predicted molar refractivity (Wildman–Crippen MR) is 114 cm³/mol. The van der Waals surface area contributed by atoms with Crippen LogP contribution in [0.25, 0.3) is 11.0 Å². The average Bonchev–Trinajstić information content (AvgIpc) is 3.27. The number of nitrogens with zero attached hydrogens (tertiary/aromatic N) is 7. The molecule has 0 saturated heterocycles. The summed E-state index contributed by atoms with van der Waals surface area (Å²) < 4.78 is 3.46. The van der Waals surface area contributed by atoms with E-state index in [4.69, 9.17) is 0 Å². The van der Waals surface area contributed by atoms with Crippen LogP contribution in [0.4, 0.5) is 5.69 Å². The summed E-state index contributed by atoms with van der Waals surface area (Å²) in [5, 5.41) is 7.62. The molecule has 0 aliphatic carbocycles. The molecular weight excluding hydrogens is 396 g/mol. The van der Waals surface area contributed by atoms with Gasteiger partial charge in [-0.2, -0.15) is 5.10 Å². The number of pyridine rings is 1. The molecule has 0 atom stereocenters. The maximum Gasteiger partial charge on any atom is 0.246 e. The molecule has 0 aliphatic rings. The van der Waals surface area contributed by atoms with Gasteiger partial charge < -0.3 is 9.88 Å². The van der Waals surface area contributed by atoms with Crippen LogP contribution in [0.3, 0.4) is 0 Å². The lowest BCUT2D eigenvalue weighted by atomic mass is 10.1. The topological polar surface area (TPSA) is 120 Å². The van der Waals surface area contributed by atoms with Gasteiger partial charge in [0.15, 0.2) is 5.78 Å². The van der Waals surface area contributed by atoms with Crippen molar-refractivity contribution in [2.75, 3.05) is 5.32 Å². The number of carbonyl (C=O) groups is 2. The van der Waals surface area contributed by atoms with Crippen LogP contribution in [-0.4, -0.2) is 46.0 Å². The fourth-order valence-electron chi connectivity index (χ4n) is 3.40. The second-order valence-electron chi connectivity index (χ2n) is 7.51. The van der Waals surface area contributed by atoms with E-state index < -0.39 is 0 Å². The number of ketones is 1. The molecule has 0 aliphatic heterocycles. The van der Waals surface area contributed by atoms with E-state index in [1.165, 1.54) is 23.4 Å². The van der Waals surface area contributed by atoms with Crippen LogP contribution in [0.15, 0.2) is 37.2 Å².